The molecule has 0 aromatic heterocycles. The largest absolute Gasteiger partial charge is 0.463 e. The van der Waals surface area contributed by atoms with Crippen molar-refractivity contribution in [2.45, 2.75) is 101 Å². The number of hydrogen-bond acceptors (Lipinski definition) is 11. The minimum atomic E-state index is -1.13. The van der Waals surface area contributed by atoms with Crippen LogP contribution in [0.15, 0.2) is 193 Å². The maximum absolute atomic E-state index is 14.8. The molecule has 6 aromatic carbocycles. The zero-order valence-electron chi connectivity index (χ0n) is 40.4. The van der Waals surface area contributed by atoms with E-state index in [0.29, 0.717) is 13.2 Å². The van der Waals surface area contributed by atoms with Crippen LogP contribution >= 0.6 is 0 Å². The van der Waals surface area contributed by atoms with Crippen LogP contribution in [0.2, 0.25) is 0 Å². The van der Waals surface area contributed by atoms with E-state index in [1.165, 1.54) is 0 Å². The molecule has 2 amide bonds. The van der Waals surface area contributed by atoms with Gasteiger partial charge in [0.2, 0.25) is 0 Å². The number of carbonyl (C=O) groups is 2. The number of esters is 1. The third-order valence-electron chi connectivity index (χ3n) is 12.8. The number of ether oxygens (including phenoxy) is 9. The van der Waals surface area contributed by atoms with Gasteiger partial charge in [0, 0.05) is 0 Å². The lowest BCUT2D eigenvalue weighted by Gasteiger charge is -2.37. The number of nitrogens with one attached hydrogen (secondary N) is 2. The highest BCUT2D eigenvalue weighted by Crippen LogP contribution is 2.39. The summed E-state index contributed by atoms with van der Waals surface area (Å²) in [5.74, 6) is -0.683. The van der Waals surface area contributed by atoms with Crippen molar-refractivity contribution in [3.05, 3.63) is 227 Å². The van der Waals surface area contributed by atoms with Crippen LogP contribution < -0.4 is 10.6 Å². The van der Waals surface area contributed by atoms with Crippen LogP contribution in [-0.4, -0.2) is 86.7 Å². The highest BCUT2D eigenvalue weighted by Gasteiger charge is 2.56. The second-order valence-corrected chi connectivity index (χ2v) is 17.9. The number of urea groups is 1. The van der Waals surface area contributed by atoms with E-state index in [1.807, 2.05) is 182 Å². The minimum Gasteiger partial charge on any atom is -0.463 e. The summed E-state index contributed by atoms with van der Waals surface area (Å²) in [6.45, 7) is 3.48. The first-order chi connectivity index (χ1) is 35.5. The average molecular weight is 975 g/mol. The zero-order valence-corrected chi connectivity index (χ0v) is 40.4. The van der Waals surface area contributed by atoms with Gasteiger partial charge >= 0.3 is 12.0 Å². The molecule has 9 rings (SSSR count). The molecule has 6 aromatic rings. The lowest BCUT2D eigenvalue weighted by Crippen LogP contribution is -2.60. The summed E-state index contributed by atoms with van der Waals surface area (Å²) in [6.07, 6.45) is -6.64. The minimum absolute atomic E-state index is 0.0483. The smallest absolute Gasteiger partial charge is 0.338 e. The van der Waals surface area contributed by atoms with Gasteiger partial charge in [-0.25, -0.2) is 9.59 Å². The Morgan fingerprint density at radius 3 is 1.25 bits per heavy atom. The van der Waals surface area contributed by atoms with Crippen molar-refractivity contribution < 1.29 is 52.2 Å². The normalized spacial score (nSPS) is 23.9. The first-order valence-electron chi connectivity index (χ1n) is 24.7. The van der Waals surface area contributed by atoms with E-state index in [4.69, 9.17) is 42.6 Å². The van der Waals surface area contributed by atoms with Crippen LogP contribution in [0.4, 0.5) is 4.79 Å². The molecule has 72 heavy (non-hydrogen) atoms. The van der Waals surface area contributed by atoms with Crippen molar-refractivity contribution >= 4 is 12.0 Å². The summed E-state index contributed by atoms with van der Waals surface area (Å²) in [6, 6.07) is 57.3. The fraction of sp³-hybridized carbons (Fsp3) is 0.322. The van der Waals surface area contributed by atoms with Crippen molar-refractivity contribution in [2.75, 3.05) is 19.8 Å². The van der Waals surface area contributed by atoms with Crippen LogP contribution in [0.3, 0.4) is 0 Å². The Morgan fingerprint density at radius 2 is 0.833 bits per heavy atom. The molecule has 0 aliphatic carbocycles. The molecule has 13 heteroatoms. The maximum atomic E-state index is 14.8. The molecule has 0 saturated carbocycles. The van der Waals surface area contributed by atoms with Crippen LogP contribution in [-0.2, 0) is 87.1 Å². The van der Waals surface area contributed by atoms with Crippen molar-refractivity contribution in [3.63, 3.8) is 0 Å². The fourth-order valence-corrected chi connectivity index (χ4v) is 9.35. The van der Waals surface area contributed by atoms with Gasteiger partial charge in [-0.1, -0.05) is 182 Å². The number of amides is 2. The molecule has 0 spiro atoms. The summed E-state index contributed by atoms with van der Waals surface area (Å²) < 4.78 is 60.0. The van der Waals surface area contributed by atoms with E-state index >= 15 is 0 Å². The Hall–Kier alpha value is -6.52. The van der Waals surface area contributed by atoms with E-state index in [-0.39, 0.29) is 57.5 Å². The molecule has 2 saturated heterocycles. The molecule has 0 unspecified atom stereocenters. The lowest BCUT2D eigenvalue weighted by molar-refractivity contribution is -0.140. The molecule has 3 heterocycles. The topological polar surface area (TPSA) is 141 Å². The van der Waals surface area contributed by atoms with Crippen molar-refractivity contribution in [2.24, 2.45) is 0 Å². The van der Waals surface area contributed by atoms with E-state index in [9.17, 15) is 9.59 Å². The predicted octanol–water partition coefficient (Wildman–Crippen LogP) is 8.80. The summed E-state index contributed by atoms with van der Waals surface area (Å²) in [4.78, 5) is 29.2. The first-order valence-corrected chi connectivity index (χ1v) is 24.7. The molecule has 2 N–H and O–H groups in total. The van der Waals surface area contributed by atoms with E-state index < -0.39 is 66.9 Å². The van der Waals surface area contributed by atoms with Crippen LogP contribution in [0.5, 0.6) is 0 Å². The molecule has 3 aliphatic rings. The Bertz CT molecular complexity index is 2610. The molecule has 3 aliphatic heterocycles. The first kappa shape index (κ1) is 50.4. The Balaban J connectivity index is 1.10. The predicted molar refractivity (Wildman–Crippen MR) is 269 cm³/mol. The SMILES string of the molecule is CCOC(=O)C1=C([C@@H]2O[C@H](COCc3ccccc3)[C@@H](OCc3ccccc3)[C@H]2OCc2ccccc2)NC(=O)N[C@@H]1[C@@H]1O[C@H](COCc2ccccc2)[C@@H](OCc2ccccc2)[C@H]1OCc1ccccc1. The van der Waals surface area contributed by atoms with Gasteiger partial charge < -0.3 is 53.3 Å². The maximum Gasteiger partial charge on any atom is 0.338 e. The fourth-order valence-electron chi connectivity index (χ4n) is 9.35. The van der Waals surface area contributed by atoms with Gasteiger partial charge in [-0.05, 0) is 40.3 Å². The van der Waals surface area contributed by atoms with Crippen LogP contribution in [0.1, 0.15) is 40.3 Å². The number of hydrogen-bond donors (Lipinski definition) is 2. The second kappa shape index (κ2) is 25.7. The third kappa shape index (κ3) is 13.3. The number of benzene rings is 6. The van der Waals surface area contributed by atoms with Gasteiger partial charge in [-0.2, -0.15) is 0 Å². The summed E-state index contributed by atoms with van der Waals surface area (Å²) in [5, 5.41) is 6.05. The quantitative estimate of drug-likeness (QED) is 0.0563. The standard InChI is InChI=1S/C59H62N2O11/c1-2-66-58(62)49-50(54-56(69-37-45-29-17-7-18-30-45)52(67-35-43-25-13-5-14-26-43)47(71-54)39-64-33-41-21-9-3-10-22-41)60-59(63)61-51(49)55-57(70-38-46-31-19-8-20-32-46)53(68-36-44-27-15-6-16-28-44)48(72-55)40-65-34-42-23-11-4-12-24-42/h3-32,47-48,50,52-57H,2,33-40H2,1H3,(H2,60,61,63)/t47-,48-,50+,52-,53-,54+,55+,56-,57-/m1/s1. The third-order valence-corrected chi connectivity index (χ3v) is 12.8. The molecular formula is C59H62N2O11. The molecule has 374 valence electrons. The zero-order chi connectivity index (χ0) is 49.3. The summed E-state index contributed by atoms with van der Waals surface area (Å²) >= 11 is 0. The highest BCUT2D eigenvalue weighted by molar-refractivity contribution is 5.95. The Morgan fingerprint density at radius 1 is 0.472 bits per heavy atom. The van der Waals surface area contributed by atoms with Gasteiger partial charge in [-0.3, -0.25) is 0 Å². The van der Waals surface area contributed by atoms with Crippen LogP contribution in [0, 0.1) is 0 Å². The summed E-state index contributed by atoms with van der Waals surface area (Å²) in [7, 11) is 0. The molecule has 2 fully saturated rings. The molecular weight excluding hydrogens is 913 g/mol. The lowest BCUT2D eigenvalue weighted by atomic mass is 9.90. The molecule has 13 nitrogen and oxygen atoms in total. The van der Waals surface area contributed by atoms with Crippen LogP contribution in [0.25, 0.3) is 0 Å². The van der Waals surface area contributed by atoms with Gasteiger partial charge in [0.25, 0.3) is 0 Å². The number of carbonyl (C=O) groups excluding carboxylic acids is 2. The average Bonchev–Trinajstić information content (AvgIpc) is 3.96. The van der Waals surface area contributed by atoms with E-state index in [0.717, 1.165) is 33.4 Å². The van der Waals surface area contributed by atoms with E-state index in [1.54, 1.807) is 6.92 Å². The number of rotatable bonds is 24. The van der Waals surface area contributed by atoms with Crippen molar-refractivity contribution in [3.8, 4) is 0 Å². The molecule has 0 bridgehead atoms. The van der Waals surface area contributed by atoms with Gasteiger partial charge in [0.05, 0.1) is 76.8 Å². The van der Waals surface area contributed by atoms with E-state index in [2.05, 4.69) is 10.6 Å². The Labute approximate surface area is 421 Å². The monoisotopic (exact) mass is 974 g/mol. The second-order valence-electron chi connectivity index (χ2n) is 17.9. The van der Waals surface area contributed by atoms with Gasteiger partial charge in [0.15, 0.2) is 0 Å². The molecule has 0 radical (unpaired) electrons. The van der Waals surface area contributed by atoms with Crippen molar-refractivity contribution in [1.82, 2.24) is 10.6 Å². The highest BCUT2D eigenvalue weighted by atomic mass is 16.6. The van der Waals surface area contributed by atoms with Crippen molar-refractivity contribution in [1.29, 1.82) is 0 Å². The summed E-state index contributed by atoms with van der Waals surface area (Å²) in [5.41, 5.74) is 5.95. The Kier molecular flexibility index (Phi) is 18.0. The molecule has 9 atom stereocenters. The van der Waals surface area contributed by atoms with Gasteiger partial charge in [0.1, 0.15) is 48.8 Å². The van der Waals surface area contributed by atoms with Gasteiger partial charge in [-0.15, -0.1) is 0 Å².